The minimum absolute atomic E-state index is 0.158. The number of rotatable bonds is 6. The summed E-state index contributed by atoms with van der Waals surface area (Å²) in [6, 6.07) is 35.3. The molecule has 1 atom stereocenters. The zero-order valence-electron chi connectivity index (χ0n) is 19.9. The molecule has 0 aliphatic heterocycles. The molecule has 0 aromatic heterocycles. The van der Waals surface area contributed by atoms with E-state index in [4.69, 9.17) is 0 Å². The molecule has 34 heavy (non-hydrogen) atoms. The highest BCUT2D eigenvalue weighted by atomic mass is 79.9. The minimum atomic E-state index is 0.158. The van der Waals surface area contributed by atoms with E-state index in [0.717, 1.165) is 15.4 Å². The largest absolute Gasteiger partial charge is 0.0584 e. The van der Waals surface area contributed by atoms with E-state index in [2.05, 4.69) is 162 Å². The van der Waals surface area contributed by atoms with E-state index in [1.807, 2.05) is 0 Å². The summed E-state index contributed by atoms with van der Waals surface area (Å²) in [5.41, 5.74) is 7.97. The van der Waals surface area contributed by atoms with Gasteiger partial charge in [-0.2, -0.15) is 0 Å². The Morgan fingerprint density at radius 1 is 0.588 bits per heavy atom. The summed E-state index contributed by atoms with van der Waals surface area (Å²) in [6.45, 7) is 6.79. The first-order valence-electron chi connectivity index (χ1n) is 11.7. The van der Waals surface area contributed by atoms with Crippen LogP contribution in [0.2, 0.25) is 0 Å². The molecule has 0 saturated heterocycles. The van der Waals surface area contributed by atoms with Crippen molar-refractivity contribution in [2.24, 2.45) is 0 Å². The van der Waals surface area contributed by atoms with E-state index in [0.29, 0.717) is 5.92 Å². The van der Waals surface area contributed by atoms with Gasteiger partial charge in [0.05, 0.1) is 0 Å². The standard InChI is InChI=1S/C32H30Br2/c1-32(2,3)28-16-12-26(13-17-28)31(27-14-20-30(34)21-15-27)22-25-8-6-23(7-9-25)4-5-24-10-18-29(33)19-11-24/h4-21,31H,22H2,1-3H3. The third-order valence-corrected chi connectivity index (χ3v) is 7.27. The summed E-state index contributed by atoms with van der Waals surface area (Å²) in [5.74, 6) is 0.311. The summed E-state index contributed by atoms with van der Waals surface area (Å²) < 4.78 is 2.21. The summed E-state index contributed by atoms with van der Waals surface area (Å²) in [4.78, 5) is 0. The van der Waals surface area contributed by atoms with Crippen molar-refractivity contribution in [2.45, 2.75) is 38.5 Å². The Balaban J connectivity index is 1.56. The molecule has 0 radical (unpaired) electrons. The van der Waals surface area contributed by atoms with Gasteiger partial charge in [-0.1, -0.05) is 138 Å². The van der Waals surface area contributed by atoms with E-state index in [-0.39, 0.29) is 5.41 Å². The van der Waals surface area contributed by atoms with Crippen molar-refractivity contribution >= 4 is 44.0 Å². The van der Waals surface area contributed by atoms with Crippen LogP contribution in [0, 0.1) is 0 Å². The molecule has 0 fully saturated rings. The maximum Gasteiger partial charge on any atom is 0.0175 e. The molecule has 2 heteroatoms. The summed E-state index contributed by atoms with van der Waals surface area (Å²) >= 11 is 7.07. The summed E-state index contributed by atoms with van der Waals surface area (Å²) in [7, 11) is 0. The van der Waals surface area contributed by atoms with Crippen LogP contribution in [0.15, 0.2) is 106 Å². The van der Waals surface area contributed by atoms with Crippen molar-refractivity contribution in [3.8, 4) is 0 Å². The number of hydrogen-bond acceptors (Lipinski definition) is 0. The average Bonchev–Trinajstić information content (AvgIpc) is 2.83. The third kappa shape index (κ3) is 6.58. The predicted octanol–water partition coefficient (Wildman–Crippen LogP) is 10.1. The fourth-order valence-corrected chi connectivity index (χ4v) is 4.63. The normalized spacial score (nSPS) is 12.7. The van der Waals surface area contributed by atoms with Crippen LogP contribution in [-0.4, -0.2) is 0 Å². The molecule has 4 aromatic carbocycles. The highest BCUT2D eigenvalue weighted by Crippen LogP contribution is 2.32. The second-order valence-electron chi connectivity index (χ2n) is 9.81. The zero-order valence-corrected chi connectivity index (χ0v) is 23.1. The van der Waals surface area contributed by atoms with Crippen molar-refractivity contribution in [2.75, 3.05) is 0 Å². The lowest BCUT2D eigenvalue weighted by Crippen LogP contribution is -2.11. The molecule has 0 aliphatic carbocycles. The third-order valence-electron chi connectivity index (χ3n) is 6.21. The van der Waals surface area contributed by atoms with Gasteiger partial charge in [0.25, 0.3) is 0 Å². The molecule has 0 heterocycles. The highest BCUT2D eigenvalue weighted by Gasteiger charge is 2.18. The first-order valence-corrected chi connectivity index (χ1v) is 13.2. The lowest BCUT2D eigenvalue weighted by molar-refractivity contribution is 0.589. The molecule has 4 rings (SSSR count). The van der Waals surface area contributed by atoms with Crippen molar-refractivity contribution < 1.29 is 0 Å². The SMILES string of the molecule is CC(C)(C)c1ccc(C(Cc2ccc(C=Cc3ccc(Br)cc3)cc2)c2ccc(Br)cc2)cc1. The lowest BCUT2D eigenvalue weighted by atomic mass is 9.82. The van der Waals surface area contributed by atoms with Crippen molar-refractivity contribution in [3.63, 3.8) is 0 Å². The molecule has 0 amide bonds. The molecule has 172 valence electrons. The summed E-state index contributed by atoms with van der Waals surface area (Å²) in [5, 5.41) is 0. The van der Waals surface area contributed by atoms with Crippen molar-refractivity contribution in [1.29, 1.82) is 0 Å². The molecule has 0 N–H and O–H groups in total. The molecule has 0 aliphatic rings. The summed E-state index contributed by atoms with van der Waals surface area (Å²) in [6.07, 6.45) is 5.29. The van der Waals surface area contributed by atoms with E-state index >= 15 is 0 Å². The van der Waals surface area contributed by atoms with Crippen molar-refractivity contribution in [3.05, 3.63) is 139 Å². The first kappa shape index (κ1) is 24.7. The van der Waals surface area contributed by atoms with Gasteiger partial charge >= 0.3 is 0 Å². The number of benzene rings is 4. The Hall–Kier alpha value is -2.42. The quantitative estimate of drug-likeness (QED) is 0.201. The maximum absolute atomic E-state index is 3.58. The number of halogens is 2. The second-order valence-corrected chi connectivity index (χ2v) is 11.6. The van der Waals surface area contributed by atoms with Crippen LogP contribution in [0.25, 0.3) is 12.2 Å². The average molecular weight is 574 g/mol. The van der Waals surface area contributed by atoms with Gasteiger partial charge in [0.2, 0.25) is 0 Å². The molecule has 0 spiro atoms. The van der Waals surface area contributed by atoms with E-state index in [1.54, 1.807) is 0 Å². The maximum atomic E-state index is 3.58. The van der Waals surface area contributed by atoms with E-state index in [1.165, 1.54) is 33.4 Å². The van der Waals surface area contributed by atoms with Crippen LogP contribution in [0.5, 0.6) is 0 Å². The Bertz CT molecular complexity index is 1230. The monoisotopic (exact) mass is 572 g/mol. The van der Waals surface area contributed by atoms with Gasteiger partial charge < -0.3 is 0 Å². The topological polar surface area (TPSA) is 0 Å². The van der Waals surface area contributed by atoms with Crippen LogP contribution < -0.4 is 0 Å². The molecular formula is C32H30Br2. The smallest absolute Gasteiger partial charge is 0.0175 e. The van der Waals surface area contributed by atoms with Crippen LogP contribution in [0.3, 0.4) is 0 Å². The zero-order chi connectivity index (χ0) is 24.1. The van der Waals surface area contributed by atoms with Gasteiger partial charge in [0, 0.05) is 14.9 Å². The Morgan fingerprint density at radius 2 is 1.00 bits per heavy atom. The van der Waals surface area contributed by atoms with E-state index in [9.17, 15) is 0 Å². The van der Waals surface area contributed by atoms with E-state index < -0.39 is 0 Å². The molecule has 1 unspecified atom stereocenters. The fraction of sp³-hybridized carbons (Fsp3) is 0.188. The Labute approximate surface area is 221 Å². The van der Waals surface area contributed by atoms with Gasteiger partial charge in [-0.05, 0) is 69.5 Å². The molecule has 0 nitrogen and oxygen atoms in total. The second kappa shape index (κ2) is 10.9. The van der Waals surface area contributed by atoms with Crippen LogP contribution in [0.1, 0.15) is 60.1 Å². The van der Waals surface area contributed by atoms with Gasteiger partial charge in [-0.25, -0.2) is 0 Å². The molecular weight excluding hydrogens is 544 g/mol. The van der Waals surface area contributed by atoms with Crippen LogP contribution >= 0.6 is 31.9 Å². The molecule has 0 bridgehead atoms. The Morgan fingerprint density at radius 3 is 1.47 bits per heavy atom. The van der Waals surface area contributed by atoms with Gasteiger partial charge in [0.1, 0.15) is 0 Å². The van der Waals surface area contributed by atoms with Crippen LogP contribution in [-0.2, 0) is 11.8 Å². The minimum Gasteiger partial charge on any atom is -0.0584 e. The fourth-order valence-electron chi connectivity index (χ4n) is 4.11. The van der Waals surface area contributed by atoms with Crippen LogP contribution in [0.4, 0.5) is 0 Å². The first-order chi connectivity index (χ1) is 16.3. The number of hydrogen-bond donors (Lipinski definition) is 0. The highest BCUT2D eigenvalue weighted by molar-refractivity contribution is 9.10. The van der Waals surface area contributed by atoms with Gasteiger partial charge in [-0.15, -0.1) is 0 Å². The van der Waals surface area contributed by atoms with Gasteiger partial charge in [-0.3, -0.25) is 0 Å². The van der Waals surface area contributed by atoms with Crippen molar-refractivity contribution in [1.82, 2.24) is 0 Å². The van der Waals surface area contributed by atoms with Gasteiger partial charge in [0.15, 0.2) is 0 Å². The predicted molar refractivity (Wildman–Crippen MR) is 154 cm³/mol. The Kier molecular flexibility index (Phi) is 7.91. The molecule has 4 aromatic rings. The lowest BCUT2D eigenvalue weighted by Gasteiger charge is -2.22. The molecule has 0 saturated carbocycles.